The number of amides is 1. The molecule has 1 aliphatic rings. The van der Waals surface area contributed by atoms with Gasteiger partial charge in [0.15, 0.2) is 6.04 Å². The average Bonchev–Trinajstić information content (AvgIpc) is 2.97. The van der Waals surface area contributed by atoms with E-state index in [1.165, 1.54) is 0 Å². The summed E-state index contributed by atoms with van der Waals surface area (Å²) < 4.78 is 0.191. The quantitative estimate of drug-likeness (QED) is 0.459. The van der Waals surface area contributed by atoms with Gasteiger partial charge in [-0.3, -0.25) is 9.69 Å². The third-order valence-corrected chi connectivity index (χ3v) is 6.04. The van der Waals surface area contributed by atoms with Gasteiger partial charge in [-0.05, 0) is 23.8 Å². The number of aliphatic carboxylic acids is 1. The van der Waals surface area contributed by atoms with Crippen LogP contribution in [-0.2, 0) is 9.59 Å². The minimum Gasteiger partial charge on any atom is -0.479 e. The Kier molecular flexibility index (Phi) is 5.36. The molecule has 0 spiro atoms. The Bertz CT molecular complexity index is 1180. The van der Waals surface area contributed by atoms with Crippen molar-refractivity contribution in [2.24, 2.45) is 0 Å². The molecule has 1 fully saturated rings. The highest BCUT2D eigenvalue weighted by molar-refractivity contribution is 8.26. The van der Waals surface area contributed by atoms with E-state index in [0.29, 0.717) is 26.7 Å². The van der Waals surface area contributed by atoms with E-state index in [2.05, 4.69) is 4.98 Å². The first-order valence-corrected chi connectivity index (χ1v) is 10.2. The van der Waals surface area contributed by atoms with E-state index in [1.807, 2.05) is 18.2 Å². The van der Waals surface area contributed by atoms with E-state index in [4.69, 9.17) is 23.8 Å². The van der Waals surface area contributed by atoms with Crippen molar-refractivity contribution >= 4 is 68.8 Å². The molecule has 1 aliphatic heterocycles. The van der Waals surface area contributed by atoms with Crippen molar-refractivity contribution in [1.82, 2.24) is 9.88 Å². The molecule has 1 N–H and O–H groups in total. The van der Waals surface area contributed by atoms with Crippen LogP contribution in [0.2, 0.25) is 5.02 Å². The number of fused-ring (bicyclic) bond motifs is 1. The van der Waals surface area contributed by atoms with Crippen LogP contribution in [0.4, 0.5) is 0 Å². The summed E-state index contributed by atoms with van der Waals surface area (Å²) in [6.45, 7) is 0. The first-order chi connectivity index (χ1) is 14.0. The first-order valence-electron chi connectivity index (χ1n) is 8.56. The Morgan fingerprint density at radius 3 is 2.62 bits per heavy atom. The number of thioether (sulfide) groups is 1. The molecule has 1 atom stereocenters. The first kappa shape index (κ1) is 19.6. The summed E-state index contributed by atoms with van der Waals surface area (Å²) in [5.74, 6) is -1.61. The minimum absolute atomic E-state index is 0.191. The highest BCUT2D eigenvalue weighted by atomic mass is 35.5. The molecule has 4 rings (SSSR count). The Balaban J connectivity index is 1.71. The molecule has 2 aromatic carbocycles. The van der Waals surface area contributed by atoms with Gasteiger partial charge in [0.1, 0.15) is 4.32 Å². The molecule has 5 nitrogen and oxygen atoms in total. The minimum atomic E-state index is -1.19. The van der Waals surface area contributed by atoms with Crippen molar-refractivity contribution in [3.63, 3.8) is 0 Å². The monoisotopic (exact) mass is 440 g/mol. The maximum Gasteiger partial charge on any atom is 0.331 e. The second kappa shape index (κ2) is 7.94. The molecule has 0 unspecified atom stereocenters. The average molecular weight is 441 g/mol. The SMILES string of the molecule is O=C(O)[C@H](c1ccccc1)N1C(=O)/C(=C\c2ccc3cccc(Cl)c3n2)SC1=S. The Hall–Kier alpha value is -2.74. The molecule has 1 saturated heterocycles. The van der Waals surface area contributed by atoms with Crippen LogP contribution < -0.4 is 0 Å². The van der Waals surface area contributed by atoms with Crippen LogP contribution >= 0.6 is 35.6 Å². The van der Waals surface area contributed by atoms with Crippen LogP contribution in [0, 0.1) is 0 Å². The van der Waals surface area contributed by atoms with Crippen LogP contribution in [-0.4, -0.2) is 31.2 Å². The van der Waals surface area contributed by atoms with Gasteiger partial charge in [-0.2, -0.15) is 0 Å². The number of hydrogen-bond acceptors (Lipinski definition) is 5. The summed E-state index contributed by atoms with van der Waals surface area (Å²) in [4.78, 5) is 30.9. The van der Waals surface area contributed by atoms with Gasteiger partial charge in [-0.1, -0.05) is 84.1 Å². The number of carbonyl (C=O) groups is 2. The number of para-hydroxylation sites is 1. The van der Waals surface area contributed by atoms with Gasteiger partial charge >= 0.3 is 5.97 Å². The number of benzene rings is 2. The fourth-order valence-corrected chi connectivity index (χ4v) is 4.60. The molecule has 0 saturated carbocycles. The van der Waals surface area contributed by atoms with E-state index in [0.717, 1.165) is 22.0 Å². The van der Waals surface area contributed by atoms with Crippen LogP contribution in [0.3, 0.4) is 0 Å². The summed E-state index contributed by atoms with van der Waals surface area (Å²) in [7, 11) is 0. The van der Waals surface area contributed by atoms with E-state index in [1.54, 1.807) is 48.5 Å². The van der Waals surface area contributed by atoms with E-state index in [9.17, 15) is 14.7 Å². The number of carboxylic acid groups (broad SMARTS) is 1. The summed E-state index contributed by atoms with van der Waals surface area (Å²) in [5, 5.41) is 11.1. The third kappa shape index (κ3) is 3.76. The molecule has 1 aromatic heterocycles. The number of rotatable bonds is 4. The third-order valence-electron chi connectivity index (χ3n) is 4.40. The molecule has 144 valence electrons. The number of carbonyl (C=O) groups excluding carboxylic acids is 1. The van der Waals surface area contributed by atoms with Crippen LogP contribution in [0.25, 0.3) is 17.0 Å². The lowest BCUT2D eigenvalue weighted by atomic mass is 10.1. The lowest BCUT2D eigenvalue weighted by Gasteiger charge is -2.23. The van der Waals surface area contributed by atoms with Gasteiger partial charge in [0.25, 0.3) is 5.91 Å². The Morgan fingerprint density at radius 1 is 1.14 bits per heavy atom. The van der Waals surface area contributed by atoms with Crippen molar-refractivity contribution in [2.75, 3.05) is 0 Å². The molecule has 0 radical (unpaired) electrons. The van der Waals surface area contributed by atoms with Crippen molar-refractivity contribution in [1.29, 1.82) is 0 Å². The number of pyridine rings is 1. The lowest BCUT2D eigenvalue weighted by molar-refractivity contribution is -0.145. The molecule has 8 heteroatoms. The van der Waals surface area contributed by atoms with E-state index in [-0.39, 0.29) is 4.32 Å². The number of carboxylic acids is 1. The molecule has 29 heavy (non-hydrogen) atoms. The maximum absolute atomic E-state index is 13.0. The van der Waals surface area contributed by atoms with E-state index < -0.39 is 17.9 Å². The number of thiocarbonyl (C=S) groups is 1. The Labute approximate surface area is 181 Å². The summed E-state index contributed by atoms with van der Waals surface area (Å²) in [5.41, 5.74) is 1.65. The fourth-order valence-electron chi connectivity index (χ4n) is 3.08. The van der Waals surface area contributed by atoms with Gasteiger partial charge < -0.3 is 5.11 Å². The predicted octanol–water partition coefficient (Wildman–Crippen LogP) is 4.92. The van der Waals surface area contributed by atoms with Crippen LogP contribution in [0.15, 0.2) is 65.6 Å². The number of aromatic nitrogens is 1. The molecule has 0 aliphatic carbocycles. The standard InChI is InChI=1S/C21H13ClN2O3S2/c22-15-8-4-7-12-9-10-14(23-17(12)15)11-16-19(25)24(21(28)29-16)18(20(26)27)13-5-2-1-3-6-13/h1-11,18H,(H,26,27)/b16-11+/t18-/m0/s1. The van der Waals surface area contributed by atoms with Crippen molar-refractivity contribution in [3.8, 4) is 0 Å². The molecule has 1 amide bonds. The van der Waals surface area contributed by atoms with Crippen molar-refractivity contribution in [3.05, 3.63) is 81.8 Å². The topological polar surface area (TPSA) is 70.5 Å². The van der Waals surface area contributed by atoms with Crippen molar-refractivity contribution < 1.29 is 14.7 Å². The van der Waals surface area contributed by atoms with Gasteiger partial charge in [0, 0.05) is 5.39 Å². The van der Waals surface area contributed by atoms with Crippen LogP contribution in [0.1, 0.15) is 17.3 Å². The van der Waals surface area contributed by atoms with Crippen LogP contribution in [0.5, 0.6) is 0 Å². The van der Waals surface area contributed by atoms with Gasteiger partial charge in [-0.25, -0.2) is 9.78 Å². The maximum atomic E-state index is 13.0. The predicted molar refractivity (Wildman–Crippen MR) is 119 cm³/mol. The highest BCUT2D eigenvalue weighted by Crippen LogP contribution is 2.38. The van der Waals surface area contributed by atoms with Crippen molar-refractivity contribution in [2.45, 2.75) is 6.04 Å². The molecular weight excluding hydrogens is 428 g/mol. The molecule has 3 aromatic rings. The van der Waals surface area contributed by atoms with E-state index >= 15 is 0 Å². The normalized spacial score (nSPS) is 16.6. The highest BCUT2D eigenvalue weighted by Gasteiger charge is 2.41. The van der Waals surface area contributed by atoms with Gasteiger partial charge in [-0.15, -0.1) is 0 Å². The zero-order valence-corrected chi connectivity index (χ0v) is 17.2. The smallest absolute Gasteiger partial charge is 0.331 e. The second-order valence-electron chi connectivity index (χ2n) is 6.25. The zero-order valence-electron chi connectivity index (χ0n) is 14.8. The summed E-state index contributed by atoms with van der Waals surface area (Å²) >= 11 is 12.6. The van der Waals surface area contributed by atoms with Gasteiger partial charge in [0.2, 0.25) is 0 Å². The number of nitrogens with zero attached hydrogens (tertiary/aromatic N) is 2. The lowest BCUT2D eigenvalue weighted by Crippen LogP contribution is -2.37. The summed E-state index contributed by atoms with van der Waals surface area (Å²) in [6.07, 6.45) is 1.60. The molecule has 0 bridgehead atoms. The number of halogens is 1. The molecular formula is C21H13ClN2O3S2. The largest absolute Gasteiger partial charge is 0.479 e. The number of hydrogen-bond donors (Lipinski definition) is 1. The zero-order chi connectivity index (χ0) is 20.5. The van der Waals surface area contributed by atoms with Gasteiger partial charge in [0.05, 0.1) is 21.1 Å². The Morgan fingerprint density at radius 2 is 1.90 bits per heavy atom. The summed E-state index contributed by atoms with van der Waals surface area (Å²) in [6, 6.07) is 16.5. The molecule has 2 heterocycles. The second-order valence-corrected chi connectivity index (χ2v) is 8.33. The fraction of sp³-hybridized carbons (Fsp3) is 0.0476.